The molecule has 0 atom stereocenters. The quantitative estimate of drug-likeness (QED) is 0.541. The summed E-state index contributed by atoms with van der Waals surface area (Å²) in [5, 5.41) is 16.9. The molecule has 2 N–H and O–H groups in total. The monoisotopic (exact) mass is 393 g/mol. The van der Waals surface area contributed by atoms with Crippen molar-refractivity contribution in [2.24, 2.45) is 0 Å². The van der Waals surface area contributed by atoms with Gasteiger partial charge in [0.1, 0.15) is 5.75 Å². The van der Waals surface area contributed by atoms with Gasteiger partial charge in [-0.05, 0) is 33.6 Å². The smallest absolute Gasteiger partial charge is 0.270 e. The number of carbonyl (C=O) groups is 2. The third-order valence-corrected chi connectivity index (χ3v) is 4.50. The third-order valence-electron chi connectivity index (χ3n) is 4.50. The highest BCUT2D eigenvalue weighted by Gasteiger charge is 2.19. The number of methoxy groups -OCH3 is 1. The van der Waals surface area contributed by atoms with Gasteiger partial charge in [0.05, 0.1) is 25.1 Å². The van der Waals surface area contributed by atoms with Crippen LogP contribution in [0, 0.1) is 10.1 Å². The fourth-order valence-corrected chi connectivity index (χ4v) is 3.12. The molecule has 154 valence electrons. The summed E-state index contributed by atoms with van der Waals surface area (Å²) in [6.07, 6.45) is 0.826. The number of ether oxygens (including phenoxy) is 1. The summed E-state index contributed by atoms with van der Waals surface area (Å²) < 4.78 is 5.42. The molecular formula is C18H27N5O5. The van der Waals surface area contributed by atoms with Gasteiger partial charge in [-0.25, -0.2) is 0 Å². The lowest BCUT2D eigenvalue weighted by Gasteiger charge is -2.21. The van der Waals surface area contributed by atoms with Gasteiger partial charge < -0.3 is 15.4 Å². The molecule has 1 aromatic rings. The topological polar surface area (TPSA) is 117 Å². The highest BCUT2D eigenvalue weighted by atomic mass is 16.6. The second-order valence-electron chi connectivity index (χ2n) is 6.94. The van der Waals surface area contributed by atoms with Gasteiger partial charge in [0.25, 0.3) is 5.69 Å². The number of carbonyl (C=O) groups excluding carboxylic acids is 2. The molecule has 0 aliphatic carbocycles. The van der Waals surface area contributed by atoms with Crippen LogP contribution < -0.4 is 15.4 Å². The molecule has 10 heteroatoms. The average Bonchev–Trinajstić information content (AvgIpc) is 2.63. The number of hydrogen-bond acceptors (Lipinski definition) is 7. The Balaban J connectivity index is 2.34. The number of nitro groups is 1. The first-order valence-electron chi connectivity index (χ1n) is 9.04. The summed E-state index contributed by atoms with van der Waals surface area (Å²) in [6.45, 7) is 2.05. The molecule has 0 saturated carbocycles. The number of hydrogen-bond donors (Lipinski definition) is 2. The Labute approximate surface area is 164 Å². The first-order chi connectivity index (χ1) is 13.3. The van der Waals surface area contributed by atoms with Gasteiger partial charge in [-0.3, -0.25) is 29.5 Å². The van der Waals surface area contributed by atoms with Gasteiger partial charge in [-0.15, -0.1) is 0 Å². The van der Waals surface area contributed by atoms with Gasteiger partial charge in [0.15, 0.2) is 0 Å². The molecule has 1 aliphatic rings. The molecule has 28 heavy (non-hydrogen) atoms. The average molecular weight is 393 g/mol. The molecular weight excluding hydrogens is 366 g/mol. The van der Waals surface area contributed by atoms with Crippen LogP contribution in [-0.2, 0) is 22.7 Å². The largest absolute Gasteiger partial charge is 0.496 e. The predicted molar refractivity (Wildman–Crippen MR) is 103 cm³/mol. The Bertz CT molecular complexity index is 690. The van der Waals surface area contributed by atoms with Crippen LogP contribution in [0.3, 0.4) is 0 Å². The zero-order chi connectivity index (χ0) is 20.7. The van der Waals surface area contributed by atoms with E-state index in [0.717, 1.165) is 6.42 Å². The molecule has 1 aliphatic heterocycles. The van der Waals surface area contributed by atoms with Gasteiger partial charge in [-0.1, -0.05) is 0 Å². The van der Waals surface area contributed by atoms with E-state index in [1.165, 1.54) is 19.2 Å². The number of non-ortho nitro benzene ring substituents is 1. The highest BCUT2D eigenvalue weighted by molar-refractivity contribution is 5.78. The minimum atomic E-state index is -0.504. The normalized spacial score (nSPS) is 18.2. The van der Waals surface area contributed by atoms with Gasteiger partial charge >= 0.3 is 0 Å². The van der Waals surface area contributed by atoms with Gasteiger partial charge in [0.2, 0.25) is 11.8 Å². The Morgan fingerprint density at radius 2 is 1.46 bits per heavy atom. The first-order valence-corrected chi connectivity index (χ1v) is 9.04. The number of nitrogens with one attached hydrogen (secondary N) is 2. The fourth-order valence-electron chi connectivity index (χ4n) is 3.12. The van der Waals surface area contributed by atoms with Crippen LogP contribution in [0.4, 0.5) is 5.69 Å². The van der Waals surface area contributed by atoms with Crippen LogP contribution in [0.5, 0.6) is 5.75 Å². The van der Waals surface area contributed by atoms with Crippen molar-refractivity contribution in [2.75, 3.05) is 47.4 Å². The van der Waals surface area contributed by atoms with Crippen LogP contribution >= 0.6 is 0 Å². The van der Waals surface area contributed by atoms with E-state index < -0.39 is 4.92 Å². The van der Waals surface area contributed by atoms with E-state index in [9.17, 15) is 19.7 Å². The molecule has 0 fully saturated rings. The van der Waals surface area contributed by atoms with E-state index in [1.54, 1.807) is 0 Å². The Hall–Kier alpha value is -2.72. The van der Waals surface area contributed by atoms with Crippen molar-refractivity contribution < 1.29 is 19.2 Å². The van der Waals surface area contributed by atoms with E-state index in [2.05, 4.69) is 10.6 Å². The molecule has 2 rings (SSSR count). The second kappa shape index (κ2) is 10.00. The fraction of sp³-hybridized carbons (Fsp3) is 0.556. The maximum absolute atomic E-state index is 12.2. The number of likely N-dealkylation sites (N-methyl/N-ethyl adjacent to an activating group) is 2. The van der Waals surface area contributed by atoms with Crippen molar-refractivity contribution in [3.8, 4) is 5.75 Å². The standard InChI is InChI=1S/C18H27N5O5/c1-21-5-4-6-22(2)12-17(25)20-10-14-8-15(23(26)27)7-13(18(14)28-3)9-19-16(24)11-21/h7-8H,4-6,9-12H2,1-3H3,(H,19,24)(H,20,25). The van der Waals surface area contributed by atoms with Gasteiger partial charge in [-0.2, -0.15) is 0 Å². The lowest BCUT2D eigenvalue weighted by molar-refractivity contribution is -0.385. The zero-order valence-corrected chi connectivity index (χ0v) is 16.5. The van der Waals surface area contributed by atoms with Crippen LogP contribution in [0.2, 0.25) is 0 Å². The Kier molecular flexibility index (Phi) is 7.70. The predicted octanol–water partition coefficient (Wildman–Crippen LogP) is 0.103. The van der Waals surface area contributed by atoms with E-state index in [4.69, 9.17) is 4.74 Å². The second-order valence-corrected chi connectivity index (χ2v) is 6.94. The summed E-state index contributed by atoms with van der Waals surface area (Å²) in [6, 6.07) is 2.76. The van der Waals surface area contributed by atoms with Crippen molar-refractivity contribution in [2.45, 2.75) is 19.5 Å². The minimum Gasteiger partial charge on any atom is -0.496 e. The van der Waals surface area contributed by atoms with E-state index in [0.29, 0.717) is 30.0 Å². The molecule has 0 spiro atoms. The molecule has 0 radical (unpaired) electrons. The van der Waals surface area contributed by atoms with Gasteiger partial charge in [0, 0.05) is 36.3 Å². The lowest BCUT2D eigenvalue weighted by Crippen LogP contribution is -2.38. The highest BCUT2D eigenvalue weighted by Crippen LogP contribution is 2.29. The number of fused-ring (bicyclic) bond motifs is 2. The summed E-state index contributed by atoms with van der Waals surface area (Å²) in [5.74, 6) is 0.0673. The first kappa shape index (κ1) is 21.6. The van der Waals surface area contributed by atoms with Crippen molar-refractivity contribution >= 4 is 17.5 Å². The van der Waals surface area contributed by atoms with Crippen molar-refractivity contribution in [1.29, 1.82) is 0 Å². The summed E-state index contributed by atoms with van der Waals surface area (Å²) in [7, 11) is 5.15. The van der Waals surface area contributed by atoms with E-state index in [-0.39, 0.29) is 43.7 Å². The minimum absolute atomic E-state index is 0.0984. The maximum atomic E-state index is 12.2. The number of benzene rings is 1. The summed E-state index contributed by atoms with van der Waals surface area (Å²) in [5.41, 5.74) is 0.854. The zero-order valence-electron chi connectivity index (χ0n) is 16.5. The number of nitrogens with zero attached hydrogens (tertiary/aromatic N) is 3. The molecule has 10 nitrogen and oxygen atoms in total. The molecule has 1 heterocycles. The van der Waals surface area contributed by atoms with Crippen molar-refractivity contribution in [3.05, 3.63) is 33.4 Å². The number of nitro benzene ring substituents is 1. The molecule has 0 unspecified atom stereocenters. The van der Waals surface area contributed by atoms with Crippen LogP contribution in [0.25, 0.3) is 0 Å². The Morgan fingerprint density at radius 3 is 1.86 bits per heavy atom. The van der Waals surface area contributed by atoms with E-state index >= 15 is 0 Å². The molecule has 2 bridgehead atoms. The van der Waals surface area contributed by atoms with Crippen LogP contribution in [0.1, 0.15) is 17.5 Å². The summed E-state index contributed by atoms with van der Waals surface area (Å²) in [4.78, 5) is 39.0. The lowest BCUT2D eigenvalue weighted by atomic mass is 10.1. The maximum Gasteiger partial charge on any atom is 0.270 e. The molecule has 0 aromatic heterocycles. The van der Waals surface area contributed by atoms with Crippen LogP contribution in [0.15, 0.2) is 12.1 Å². The van der Waals surface area contributed by atoms with Crippen LogP contribution in [-0.4, -0.2) is 73.9 Å². The molecule has 1 aromatic carbocycles. The molecule has 0 saturated heterocycles. The number of rotatable bonds is 2. The Morgan fingerprint density at radius 1 is 1.00 bits per heavy atom. The molecule has 2 amide bonds. The van der Waals surface area contributed by atoms with Crippen molar-refractivity contribution in [1.82, 2.24) is 20.4 Å². The number of amides is 2. The van der Waals surface area contributed by atoms with Crippen molar-refractivity contribution in [3.63, 3.8) is 0 Å². The summed E-state index contributed by atoms with van der Waals surface area (Å²) >= 11 is 0. The van der Waals surface area contributed by atoms with E-state index in [1.807, 2.05) is 23.9 Å². The SMILES string of the molecule is COc1c2cc([N+](=O)[O-])cc1CNC(=O)CN(C)CCCN(C)CC(=O)NC2. The third kappa shape index (κ3) is 6.17.